The van der Waals surface area contributed by atoms with Crippen molar-refractivity contribution in [2.24, 2.45) is 0 Å². The van der Waals surface area contributed by atoms with Crippen molar-refractivity contribution in [2.45, 2.75) is 6.61 Å². The van der Waals surface area contributed by atoms with Gasteiger partial charge in [0.1, 0.15) is 11.6 Å². The zero-order valence-corrected chi connectivity index (χ0v) is 11.1. The van der Waals surface area contributed by atoms with Gasteiger partial charge >= 0.3 is 6.61 Å². The molecule has 2 N–H and O–H groups in total. The molecule has 7 heteroatoms. The molecule has 0 aliphatic heterocycles. The molecule has 1 aromatic heterocycles. The number of pyridine rings is 1. The number of carbonyl (C=O) groups excluding carboxylic acids is 1. The number of halogens is 2. The summed E-state index contributed by atoms with van der Waals surface area (Å²) in [6, 6.07) is 9.16. The molecular weight excluding hydrogens is 280 g/mol. The minimum atomic E-state index is -2.96. The standard InChI is InChI=1S/C14H13F2N3O2/c1-17-12-9(5-4-8-18-12)13(20)19-10-6-2-3-7-11(10)21-14(15)16/h2-8,14H,1H3,(H,17,18)(H,19,20). The first-order valence-electron chi connectivity index (χ1n) is 6.09. The number of aromatic nitrogens is 1. The van der Waals surface area contributed by atoms with Crippen LogP contribution in [0.1, 0.15) is 10.4 Å². The van der Waals surface area contributed by atoms with Crippen LogP contribution in [0.5, 0.6) is 5.75 Å². The number of para-hydroxylation sites is 2. The fraction of sp³-hybridized carbons (Fsp3) is 0.143. The SMILES string of the molecule is CNc1ncccc1C(=O)Nc1ccccc1OC(F)F. The van der Waals surface area contributed by atoms with Gasteiger partial charge in [0.25, 0.3) is 5.91 Å². The average Bonchev–Trinajstić information content (AvgIpc) is 2.48. The number of anilines is 2. The summed E-state index contributed by atoms with van der Waals surface area (Å²) in [5.74, 6) is -0.184. The molecule has 5 nitrogen and oxygen atoms in total. The topological polar surface area (TPSA) is 63.2 Å². The molecule has 1 heterocycles. The monoisotopic (exact) mass is 293 g/mol. The molecule has 1 amide bonds. The highest BCUT2D eigenvalue weighted by Crippen LogP contribution is 2.26. The number of benzene rings is 1. The van der Waals surface area contributed by atoms with Crippen LogP contribution in [0.3, 0.4) is 0 Å². The van der Waals surface area contributed by atoms with E-state index in [1.165, 1.54) is 24.4 Å². The Labute approximate surface area is 120 Å². The van der Waals surface area contributed by atoms with Crippen molar-refractivity contribution in [1.82, 2.24) is 4.98 Å². The number of ether oxygens (including phenoxy) is 1. The number of nitrogens with one attached hydrogen (secondary N) is 2. The van der Waals surface area contributed by atoms with E-state index in [9.17, 15) is 13.6 Å². The molecule has 0 atom stereocenters. The second-order valence-corrected chi connectivity index (χ2v) is 3.98. The Morgan fingerprint density at radius 1 is 1.24 bits per heavy atom. The Balaban J connectivity index is 2.24. The second kappa shape index (κ2) is 6.65. The maximum atomic E-state index is 12.3. The van der Waals surface area contributed by atoms with Crippen LogP contribution >= 0.6 is 0 Å². The summed E-state index contributed by atoms with van der Waals surface area (Å²) in [4.78, 5) is 16.2. The van der Waals surface area contributed by atoms with Gasteiger partial charge < -0.3 is 15.4 Å². The Morgan fingerprint density at radius 2 is 2.00 bits per heavy atom. The Kier molecular flexibility index (Phi) is 4.65. The molecular formula is C14H13F2N3O2. The molecule has 0 radical (unpaired) electrons. The van der Waals surface area contributed by atoms with Crippen LogP contribution < -0.4 is 15.4 Å². The highest BCUT2D eigenvalue weighted by Gasteiger charge is 2.15. The molecule has 2 rings (SSSR count). The molecule has 0 aliphatic carbocycles. The summed E-state index contributed by atoms with van der Waals surface area (Å²) in [6.07, 6.45) is 1.54. The van der Waals surface area contributed by atoms with Crippen molar-refractivity contribution in [1.29, 1.82) is 0 Å². The van der Waals surface area contributed by atoms with E-state index in [1.54, 1.807) is 25.2 Å². The van der Waals surface area contributed by atoms with Gasteiger partial charge in [-0.2, -0.15) is 8.78 Å². The minimum absolute atomic E-state index is 0.101. The maximum absolute atomic E-state index is 12.3. The first kappa shape index (κ1) is 14.7. The number of hydrogen-bond donors (Lipinski definition) is 2. The lowest BCUT2D eigenvalue weighted by Gasteiger charge is -2.12. The lowest BCUT2D eigenvalue weighted by Crippen LogP contribution is -2.16. The van der Waals surface area contributed by atoms with Gasteiger partial charge in [-0.3, -0.25) is 4.79 Å². The quantitative estimate of drug-likeness (QED) is 0.889. The smallest absolute Gasteiger partial charge is 0.387 e. The van der Waals surface area contributed by atoms with Gasteiger partial charge in [-0.15, -0.1) is 0 Å². The average molecular weight is 293 g/mol. The minimum Gasteiger partial charge on any atom is -0.433 e. The van der Waals surface area contributed by atoms with Crippen LogP contribution in [-0.4, -0.2) is 24.6 Å². The third kappa shape index (κ3) is 3.65. The van der Waals surface area contributed by atoms with Gasteiger partial charge in [0, 0.05) is 13.2 Å². The molecule has 110 valence electrons. The van der Waals surface area contributed by atoms with Crippen LogP contribution in [-0.2, 0) is 0 Å². The number of nitrogens with zero attached hydrogens (tertiary/aromatic N) is 1. The van der Waals surface area contributed by atoms with Crippen LogP contribution in [0.2, 0.25) is 0 Å². The molecule has 0 unspecified atom stereocenters. The van der Waals surface area contributed by atoms with Crippen molar-refractivity contribution < 1.29 is 18.3 Å². The van der Waals surface area contributed by atoms with E-state index in [4.69, 9.17) is 0 Å². The van der Waals surface area contributed by atoms with Crippen molar-refractivity contribution >= 4 is 17.4 Å². The fourth-order valence-electron chi connectivity index (χ4n) is 1.75. The largest absolute Gasteiger partial charge is 0.433 e. The van der Waals surface area contributed by atoms with E-state index in [2.05, 4.69) is 20.4 Å². The lowest BCUT2D eigenvalue weighted by molar-refractivity contribution is -0.0493. The Hall–Kier alpha value is -2.70. The molecule has 0 bridgehead atoms. The number of amides is 1. The van der Waals surface area contributed by atoms with E-state index < -0.39 is 12.5 Å². The predicted molar refractivity (Wildman–Crippen MR) is 74.8 cm³/mol. The molecule has 2 aromatic rings. The van der Waals surface area contributed by atoms with E-state index in [0.717, 1.165) is 0 Å². The number of rotatable bonds is 5. The first-order chi connectivity index (χ1) is 10.1. The molecule has 0 saturated carbocycles. The summed E-state index contributed by atoms with van der Waals surface area (Å²) in [7, 11) is 1.63. The van der Waals surface area contributed by atoms with Gasteiger partial charge in [0.05, 0.1) is 11.3 Å². The number of alkyl halides is 2. The van der Waals surface area contributed by atoms with Crippen LogP contribution in [0.4, 0.5) is 20.3 Å². The summed E-state index contributed by atoms with van der Waals surface area (Å²) >= 11 is 0. The predicted octanol–water partition coefficient (Wildman–Crippen LogP) is 2.98. The van der Waals surface area contributed by atoms with Crippen LogP contribution in [0, 0.1) is 0 Å². The van der Waals surface area contributed by atoms with E-state index in [-0.39, 0.29) is 11.4 Å². The van der Waals surface area contributed by atoms with Crippen LogP contribution in [0.15, 0.2) is 42.6 Å². The van der Waals surface area contributed by atoms with Gasteiger partial charge in [0.15, 0.2) is 0 Å². The van der Waals surface area contributed by atoms with Gasteiger partial charge in [0.2, 0.25) is 0 Å². The first-order valence-corrected chi connectivity index (χ1v) is 6.09. The summed E-state index contributed by atoms with van der Waals surface area (Å²) in [5, 5.41) is 5.32. The summed E-state index contributed by atoms with van der Waals surface area (Å²) < 4.78 is 29.0. The molecule has 0 spiro atoms. The third-order valence-corrected chi connectivity index (χ3v) is 2.64. The zero-order valence-electron chi connectivity index (χ0n) is 11.1. The van der Waals surface area contributed by atoms with E-state index in [1.807, 2.05) is 0 Å². The number of hydrogen-bond acceptors (Lipinski definition) is 4. The third-order valence-electron chi connectivity index (χ3n) is 2.64. The van der Waals surface area contributed by atoms with Crippen LogP contribution in [0.25, 0.3) is 0 Å². The van der Waals surface area contributed by atoms with E-state index >= 15 is 0 Å². The molecule has 21 heavy (non-hydrogen) atoms. The zero-order chi connectivity index (χ0) is 15.2. The second-order valence-electron chi connectivity index (χ2n) is 3.98. The summed E-state index contributed by atoms with van der Waals surface area (Å²) in [5.41, 5.74) is 0.459. The number of carbonyl (C=O) groups is 1. The molecule has 0 fully saturated rings. The van der Waals surface area contributed by atoms with Crippen molar-refractivity contribution in [2.75, 3.05) is 17.7 Å². The Bertz CT molecular complexity index is 635. The molecule has 1 aromatic carbocycles. The summed E-state index contributed by atoms with van der Waals surface area (Å²) in [6.45, 7) is -2.96. The molecule has 0 aliphatic rings. The maximum Gasteiger partial charge on any atom is 0.387 e. The van der Waals surface area contributed by atoms with Crippen molar-refractivity contribution in [3.05, 3.63) is 48.2 Å². The van der Waals surface area contributed by atoms with Gasteiger partial charge in [-0.05, 0) is 24.3 Å². The molecule has 0 saturated heterocycles. The van der Waals surface area contributed by atoms with Crippen molar-refractivity contribution in [3.8, 4) is 5.75 Å². The fourth-order valence-corrected chi connectivity index (χ4v) is 1.75. The van der Waals surface area contributed by atoms with E-state index in [0.29, 0.717) is 11.4 Å². The van der Waals surface area contributed by atoms with Gasteiger partial charge in [-0.1, -0.05) is 12.1 Å². The Morgan fingerprint density at radius 3 is 2.71 bits per heavy atom. The highest BCUT2D eigenvalue weighted by molar-refractivity contribution is 6.08. The normalized spacial score (nSPS) is 10.3. The van der Waals surface area contributed by atoms with Gasteiger partial charge in [-0.25, -0.2) is 4.98 Å². The highest BCUT2D eigenvalue weighted by atomic mass is 19.3. The van der Waals surface area contributed by atoms with Crippen molar-refractivity contribution in [3.63, 3.8) is 0 Å². The lowest BCUT2D eigenvalue weighted by atomic mass is 10.2.